The van der Waals surface area contributed by atoms with Gasteiger partial charge in [-0.25, -0.2) is 0 Å². The summed E-state index contributed by atoms with van der Waals surface area (Å²) >= 11 is 0. The largest absolute Gasteiger partial charge is 0.369 e. The molecule has 0 aliphatic rings. The minimum atomic E-state index is -0.183. The fourth-order valence-electron chi connectivity index (χ4n) is 1.35. The standard InChI is InChI=1S/C17H30N2O4S2/c1-13(2)7-6-8-18-16(20)11-22-9-10-23-15(5)25-24-12-19-17(21)14(3)4/h13-15H,8-12H2,1-5H3,(H,18,20)(H,19,21). The van der Waals surface area contributed by atoms with E-state index in [1.165, 1.54) is 21.6 Å². The van der Waals surface area contributed by atoms with Crippen molar-refractivity contribution >= 4 is 33.4 Å². The van der Waals surface area contributed by atoms with E-state index in [4.69, 9.17) is 9.47 Å². The number of carbonyl (C=O) groups is 2. The van der Waals surface area contributed by atoms with Crippen LogP contribution in [0.15, 0.2) is 0 Å². The molecule has 144 valence electrons. The van der Waals surface area contributed by atoms with Crippen LogP contribution in [0.25, 0.3) is 0 Å². The Bertz CT molecular complexity index is 448. The fraction of sp³-hybridized carbons (Fsp3) is 0.765. The molecule has 0 aromatic carbocycles. The quantitative estimate of drug-likeness (QED) is 0.230. The van der Waals surface area contributed by atoms with Gasteiger partial charge in [0.2, 0.25) is 11.8 Å². The van der Waals surface area contributed by atoms with Gasteiger partial charge >= 0.3 is 0 Å². The zero-order chi connectivity index (χ0) is 19.1. The van der Waals surface area contributed by atoms with Crippen molar-refractivity contribution in [1.82, 2.24) is 10.6 Å². The second kappa shape index (κ2) is 15.4. The lowest BCUT2D eigenvalue weighted by Crippen LogP contribution is -2.28. The van der Waals surface area contributed by atoms with Gasteiger partial charge in [-0.05, 0) is 6.92 Å². The van der Waals surface area contributed by atoms with E-state index in [-0.39, 0.29) is 29.8 Å². The Morgan fingerprint density at radius 3 is 2.44 bits per heavy atom. The van der Waals surface area contributed by atoms with Crippen LogP contribution in [0.1, 0.15) is 34.6 Å². The summed E-state index contributed by atoms with van der Waals surface area (Å²) < 4.78 is 10.8. The van der Waals surface area contributed by atoms with Gasteiger partial charge in [0.25, 0.3) is 0 Å². The van der Waals surface area contributed by atoms with Gasteiger partial charge in [0, 0.05) is 11.8 Å². The van der Waals surface area contributed by atoms with E-state index in [1.54, 1.807) is 0 Å². The van der Waals surface area contributed by atoms with Crippen LogP contribution in [0, 0.1) is 23.7 Å². The molecular formula is C17H30N2O4S2. The van der Waals surface area contributed by atoms with E-state index >= 15 is 0 Å². The zero-order valence-corrected chi connectivity index (χ0v) is 17.4. The molecule has 0 fully saturated rings. The van der Waals surface area contributed by atoms with Crippen molar-refractivity contribution in [3.8, 4) is 11.8 Å². The first-order valence-electron chi connectivity index (χ1n) is 8.33. The average molecular weight is 391 g/mol. The lowest BCUT2D eigenvalue weighted by molar-refractivity contribution is -0.126. The van der Waals surface area contributed by atoms with Crippen molar-refractivity contribution in [3.05, 3.63) is 0 Å². The van der Waals surface area contributed by atoms with Crippen LogP contribution in [0.2, 0.25) is 0 Å². The summed E-state index contributed by atoms with van der Waals surface area (Å²) in [4.78, 5) is 22.9. The number of rotatable bonds is 12. The Hall–Kier alpha value is -0.880. The van der Waals surface area contributed by atoms with Crippen molar-refractivity contribution in [1.29, 1.82) is 0 Å². The maximum atomic E-state index is 11.5. The van der Waals surface area contributed by atoms with Gasteiger partial charge < -0.3 is 20.1 Å². The molecule has 2 N–H and O–H groups in total. The number of ether oxygens (including phenoxy) is 2. The summed E-state index contributed by atoms with van der Waals surface area (Å²) in [6.07, 6.45) is 0. The Morgan fingerprint density at radius 2 is 1.80 bits per heavy atom. The third-order valence-corrected chi connectivity index (χ3v) is 4.99. The highest BCUT2D eigenvalue weighted by molar-refractivity contribution is 8.76. The summed E-state index contributed by atoms with van der Waals surface area (Å²) in [6.45, 7) is 10.8. The van der Waals surface area contributed by atoms with E-state index < -0.39 is 0 Å². The molecule has 0 spiro atoms. The topological polar surface area (TPSA) is 76.7 Å². The molecule has 0 rings (SSSR count). The van der Waals surface area contributed by atoms with Crippen LogP contribution in [-0.2, 0) is 19.1 Å². The van der Waals surface area contributed by atoms with E-state index in [9.17, 15) is 9.59 Å². The smallest absolute Gasteiger partial charge is 0.246 e. The molecular weight excluding hydrogens is 360 g/mol. The SMILES string of the molecule is CC(C)C#CCNC(=O)COCCOC(C)SSCNC(=O)C(C)C. The van der Waals surface area contributed by atoms with Crippen molar-refractivity contribution < 1.29 is 19.1 Å². The number of hydrogen-bond acceptors (Lipinski definition) is 6. The van der Waals surface area contributed by atoms with E-state index in [2.05, 4.69) is 22.5 Å². The maximum Gasteiger partial charge on any atom is 0.246 e. The number of nitrogens with one attached hydrogen (secondary N) is 2. The van der Waals surface area contributed by atoms with Crippen LogP contribution in [0.3, 0.4) is 0 Å². The average Bonchev–Trinajstić information content (AvgIpc) is 2.54. The third-order valence-electron chi connectivity index (χ3n) is 2.61. The van der Waals surface area contributed by atoms with Crippen LogP contribution < -0.4 is 10.6 Å². The van der Waals surface area contributed by atoms with Crippen LogP contribution >= 0.6 is 21.6 Å². The molecule has 0 radical (unpaired) electrons. The Morgan fingerprint density at radius 1 is 1.08 bits per heavy atom. The van der Waals surface area contributed by atoms with Gasteiger partial charge in [0.15, 0.2) is 0 Å². The molecule has 0 aromatic rings. The minimum Gasteiger partial charge on any atom is -0.369 e. The molecule has 0 saturated carbocycles. The van der Waals surface area contributed by atoms with Gasteiger partial charge in [-0.2, -0.15) is 0 Å². The predicted octanol–water partition coefficient (Wildman–Crippen LogP) is 2.25. The van der Waals surface area contributed by atoms with Crippen molar-refractivity contribution in [2.75, 3.05) is 32.2 Å². The van der Waals surface area contributed by atoms with Gasteiger partial charge in [0.1, 0.15) is 12.0 Å². The molecule has 6 nitrogen and oxygen atoms in total. The Balaban J connectivity index is 3.51. The van der Waals surface area contributed by atoms with Crippen LogP contribution in [0.5, 0.6) is 0 Å². The highest BCUT2D eigenvalue weighted by atomic mass is 33.1. The molecule has 0 aliphatic carbocycles. The van der Waals surface area contributed by atoms with E-state index in [1.807, 2.05) is 34.6 Å². The summed E-state index contributed by atoms with van der Waals surface area (Å²) in [5.41, 5.74) is -0.0234. The highest BCUT2D eigenvalue weighted by Crippen LogP contribution is 2.26. The molecule has 0 aliphatic heterocycles. The molecule has 25 heavy (non-hydrogen) atoms. The van der Waals surface area contributed by atoms with Crippen LogP contribution in [0.4, 0.5) is 0 Å². The van der Waals surface area contributed by atoms with Gasteiger partial charge in [-0.15, -0.1) is 0 Å². The van der Waals surface area contributed by atoms with Crippen LogP contribution in [-0.4, -0.2) is 49.5 Å². The molecule has 1 unspecified atom stereocenters. The van der Waals surface area contributed by atoms with E-state index in [0.717, 1.165) is 0 Å². The summed E-state index contributed by atoms with van der Waals surface area (Å²) in [6, 6.07) is 0. The molecule has 0 aromatic heterocycles. The maximum absolute atomic E-state index is 11.5. The fourth-order valence-corrected chi connectivity index (χ4v) is 3.08. The van der Waals surface area contributed by atoms with Crippen molar-refractivity contribution in [3.63, 3.8) is 0 Å². The minimum absolute atomic E-state index is 0.00382. The van der Waals surface area contributed by atoms with E-state index in [0.29, 0.717) is 31.6 Å². The molecule has 0 heterocycles. The van der Waals surface area contributed by atoms with Gasteiger partial charge in [-0.1, -0.05) is 61.1 Å². The Kier molecular flexibility index (Phi) is 14.8. The summed E-state index contributed by atoms with van der Waals surface area (Å²) in [5, 5.41) is 5.49. The van der Waals surface area contributed by atoms with Crippen molar-refractivity contribution in [2.45, 2.75) is 40.1 Å². The normalized spacial score (nSPS) is 11.8. The predicted molar refractivity (Wildman–Crippen MR) is 105 cm³/mol. The number of hydrogen-bond donors (Lipinski definition) is 2. The molecule has 0 saturated heterocycles. The molecule has 2 amide bonds. The first-order chi connectivity index (χ1) is 11.8. The second-order valence-corrected chi connectivity index (χ2v) is 8.46. The Labute approximate surface area is 159 Å². The summed E-state index contributed by atoms with van der Waals surface area (Å²) in [7, 11) is 3.07. The monoisotopic (exact) mass is 390 g/mol. The first kappa shape index (κ1) is 24.1. The first-order valence-corrected chi connectivity index (χ1v) is 10.7. The third kappa shape index (κ3) is 16.3. The summed E-state index contributed by atoms with van der Waals surface area (Å²) in [5.74, 6) is 6.55. The molecule has 8 heteroatoms. The molecule has 1 atom stereocenters. The lowest BCUT2D eigenvalue weighted by atomic mass is 10.2. The number of amides is 2. The van der Waals surface area contributed by atoms with Gasteiger partial charge in [0.05, 0.1) is 25.6 Å². The second-order valence-electron chi connectivity index (χ2n) is 5.80. The highest BCUT2D eigenvalue weighted by Gasteiger charge is 2.07. The number of carbonyl (C=O) groups excluding carboxylic acids is 2. The zero-order valence-electron chi connectivity index (χ0n) is 15.7. The lowest BCUT2D eigenvalue weighted by Gasteiger charge is -2.13. The van der Waals surface area contributed by atoms with Gasteiger partial charge in [-0.3, -0.25) is 9.59 Å². The molecule has 0 bridgehead atoms. The van der Waals surface area contributed by atoms with Crippen molar-refractivity contribution in [2.24, 2.45) is 11.8 Å².